The molecule has 4 N–H and O–H groups in total. The predicted octanol–water partition coefficient (Wildman–Crippen LogP) is 3.96. The highest BCUT2D eigenvalue weighted by Gasteiger charge is 2.45. The molecule has 0 aromatic heterocycles. The predicted molar refractivity (Wildman–Crippen MR) is 139 cm³/mol. The fraction of sp³-hybridized carbons (Fsp3) is 0.552. The van der Waals surface area contributed by atoms with E-state index in [9.17, 15) is 15.0 Å². The molecule has 0 spiro atoms. The van der Waals surface area contributed by atoms with Crippen LogP contribution in [0.4, 0.5) is 4.39 Å². The van der Waals surface area contributed by atoms with Gasteiger partial charge in [0.15, 0.2) is 11.6 Å². The van der Waals surface area contributed by atoms with E-state index in [2.05, 4.69) is 0 Å². The zero-order valence-electron chi connectivity index (χ0n) is 21.5. The number of aliphatic hydroxyl groups is 2. The number of unbranched alkanes of at least 4 members (excludes halogenated alkanes) is 1. The van der Waals surface area contributed by atoms with E-state index >= 15 is 4.39 Å². The van der Waals surface area contributed by atoms with Gasteiger partial charge in [-0.05, 0) is 63.1 Å². The van der Waals surface area contributed by atoms with Crippen LogP contribution in [0.25, 0.3) is 0 Å². The molecule has 1 aliphatic carbocycles. The molecule has 2 fully saturated rings. The molecule has 1 saturated heterocycles. The number of carbonyl (C=O) groups excluding carboxylic acids is 1. The lowest BCUT2D eigenvalue weighted by Crippen LogP contribution is -2.49. The fourth-order valence-corrected chi connectivity index (χ4v) is 5.83. The SMILES string of the molecule is COCCCC[C@@](O)(c1cccc(F)c1Oc1ccccc1)C1CCCN(C(=O)[C@H]2C[C@@H](N)[C@H](O)C2)C1. The van der Waals surface area contributed by atoms with Crippen LogP contribution in [-0.2, 0) is 15.1 Å². The van der Waals surface area contributed by atoms with Crippen molar-refractivity contribution in [1.82, 2.24) is 4.90 Å². The minimum atomic E-state index is -1.41. The Morgan fingerprint density at radius 2 is 1.95 bits per heavy atom. The summed E-state index contributed by atoms with van der Waals surface area (Å²) < 4.78 is 26.4. The molecule has 2 aromatic rings. The molecule has 1 heterocycles. The van der Waals surface area contributed by atoms with Gasteiger partial charge in [0.2, 0.25) is 5.91 Å². The van der Waals surface area contributed by atoms with Crippen molar-refractivity contribution in [2.24, 2.45) is 17.6 Å². The van der Waals surface area contributed by atoms with E-state index in [4.69, 9.17) is 15.2 Å². The first-order valence-electron chi connectivity index (χ1n) is 13.3. The monoisotopic (exact) mass is 514 g/mol. The summed E-state index contributed by atoms with van der Waals surface area (Å²) in [6, 6.07) is 13.2. The normalized spacial score (nSPS) is 25.6. The first-order chi connectivity index (χ1) is 17.8. The Bertz CT molecular complexity index is 1030. The van der Waals surface area contributed by atoms with E-state index in [1.165, 1.54) is 6.07 Å². The van der Waals surface area contributed by atoms with E-state index in [1.54, 1.807) is 36.3 Å². The minimum Gasteiger partial charge on any atom is -0.454 e. The zero-order chi connectivity index (χ0) is 26.4. The second kappa shape index (κ2) is 12.3. The molecule has 0 bridgehead atoms. The van der Waals surface area contributed by atoms with Crippen molar-refractivity contribution in [3.8, 4) is 11.5 Å². The largest absolute Gasteiger partial charge is 0.454 e. The lowest BCUT2D eigenvalue weighted by molar-refractivity contribution is -0.141. The number of nitrogens with two attached hydrogens (primary N) is 1. The highest BCUT2D eigenvalue weighted by molar-refractivity contribution is 5.79. The minimum absolute atomic E-state index is 0.0104. The molecule has 5 atom stereocenters. The van der Waals surface area contributed by atoms with E-state index in [0.717, 1.165) is 12.8 Å². The molecule has 1 unspecified atom stereocenters. The second-order valence-electron chi connectivity index (χ2n) is 10.4. The molecule has 1 aliphatic heterocycles. The van der Waals surface area contributed by atoms with E-state index in [-0.39, 0.29) is 23.5 Å². The number of hydrogen-bond acceptors (Lipinski definition) is 6. The van der Waals surface area contributed by atoms with Gasteiger partial charge < -0.3 is 30.3 Å². The third-order valence-corrected chi connectivity index (χ3v) is 7.89. The maximum Gasteiger partial charge on any atom is 0.225 e. The Morgan fingerprint density at radius 1 is 1.16 bits per heavy atom. The smallest absolute Gasteiger partial charge is 0.225 e. The number of carbonyl (C=O) groups is 1. The van der Waals surface area contributed by atoms with Crippen LogP contribution in [0, 0.1) is 17.7 Å². The Hall–Kier alpha value is -2.52. The number of hydrogen-bond donors (Lipinski definition) is 3. The van der Waals surface area contributed by atoms with Crippen LogP contribution in [0.5, 0.6) is 11.5 Å². The van der Waals surface area contributed by atoms with Crippen LogP contribution in [-0.4, -0.2) is 60.0 Å². The van der Waals surface area contributed by atoms with Crippen LogP contribution in [0.3, 0.4) is 0 Å². The standard InChI is InChI=1S/C29H39FN2O5/c1-36-16-6-5-14-29(35,23-12-7-13-24(30)27(23)37-22-10-3-2-4-11-22)21-9-8-15-32(19-21)28(34)20-17-25(31)26(33)18-20/h2-4,7,10-13,20-21,25-26,33,35H,5-6,8-9,14-19,31H2,1H3/t20-,21?,25+,26+,29-/m0/s1. The molecule has 8 heteroatoms. The van der Waals surface area contributed by atoms with Crippen LogP contribution in [0.15, 0.2) is 48.5 Å². The van der Waals surface area contributed by atoms with Crippen molar-refractivity contribution in [2.45, 2.75) is 62.7 Å². The van der Waals surface area contributed by atoms with Crippen molar-refractivity contribution in [2.75, 3.05) is 26.8 Å². The Morgan fingerprint density at radius 3 is 2.65 bits per heavy atom. The number of benzene rings is 2. The van der Waals surface area contributed by atoms with Crippen molar-refractivity contribution in [3.05, 3.63) is 59.9 Å². The number of ether oxygens (including phenoxy) is 2. The number of halogens is 1. The number of rotatable bonds is 10. The maximum absolute atomic E-state index is 15.2. The van der Waals surface area contributed by atoms with Gasteiger partial charge in [-0.3, -0.25) is 4.79 Å². The number of para-hydroxylation sites is 2. The third-order valence-electron chi connectivity index (χ3n) is 7.89. The summed E-state index contributed by atoms with van der Waals surface area (Å²) in [5.41, 5.74) is 4.94. The highest BCUT2D eigenvalue weighted by Crippen LogP contribution is 2.45. The van der Waals surface area contributed by atoms with Crippen molar-refractivity contribution in [1.29, 1.82) is 0 Å². The molecule has 1 amide bonds. The summed E-state index contributed by atoms with van der Waals surface area (Å²) in [4.78, 5) is 15.1. The lowest BCUT2D eigenvalue weighted by Gasteiger charge is -2.44. The molecular formula is C29H39FN2O5. The van der Waals surface area contributed by atoms with E-state index in [0.29, 0.717) is 63.1 Å². The number of methoxy groups -OCH3 is 1. The average Bonchev–Trinajstić information content (AvgIpc) is 3.25. The summed E-state index contributed by atoms with van der Waals surface area (Å²) in [5.74, 6) is -0.714. The molecule has 4 rings (SSSR count). The van der Waals surface area contributed by atoms with Crippen molar-refractivity contribution in [3.63, 3.8) is 0 Å². The summed E-state index contributed by atoms with van der Waals surface area (Å²) in [6.07, 6.45) is 3.36. The molecule has 2 aliphatic rings. The van der Waals surface area contributed by atoms with Crippen molar-refractivity contribution >= 4 is 5.91 Å². The zero-order valence-corrected chi connectivity index (χ0v) is 21.5. The third kappa shape index (κ3) is 6.32. The fourth-order valence-electron chi connectivity index (χ4n) is 5.83. The summed E-state index contributed by atoms with van der Waals surface area (Å²) in [7, 11) is 1.64. The second-order valence-corrected chi connectivity index (χ2v) is 10.4. The quantitative estimate of drug-likeness (QED) is 0.415. The van der Waals surface area contributed by atoms with E-state index < -0.39 is 23.6 Å². The molecule has 37 heavy (non-hydrogen) atoms. The molecule has 0 radical (unpaired) electrons. The van der Waals surface area contributed by atoms with Gasteiger partial charge in [-0.25, -0.2) is 4.39 Å². The highest BCUT2D eigenvalue weighted by atomic mass is 19.1. The van der Waals surface area contributed by atoms with Gasteiger partial charge in [0.1, 0.15) is 5.75 Å². The van der Waals surface area contributed by atoms with Gasteiger partial charge >= 0.3 is 0 Å². The Balaban J connectivity index is 1.63. The van der Waals surface area contributed by atoms with Crippen molar-refractivity contribution < 1.29 is 28.9 Å². The molecule has 7 nitrogen and oxygen atoms in total. The molecule has 202 valence electrons. The number of nitrogens with zero attached hydrogens (tertiary/aromatic N) is 1. The number of aliphatic hydroxyl groups excluding tert-OH is 1. The number of piperidine rings is 1. The van der Waals surface area contributed by atoms with Gasteiger partial charge in [-0.1, -0.05) is 30.3 Å². The first-order valence-corrected chi connectivity index (χ1v) is 13.3. The summed E-state index contributed by atoms with van der Waals surface area (Å²) >= 11 is 0. The number of likely N-dealkylation sites (tertiary alicyclic amines) is 1. The number of amides is 1. The van der Waals surface area contributed by atoms with Crippen LogP contribution < -0.4 is 10.5 Å². The Kier molecular flexibility index (Phi) is 9.18. The average molecular weight is 515 g/mol. The van der Waals surface area contributed by atoms with Gasteiger partial charge in [0, 0.05) is 50.2 Å². The van der Waals surface area contributed by atoms with Gasteiger partial charge in [0.25, 0.3) is 0 Å². The molecule has 2 aromatic carbocycles. The molecular weight excluding hydrogens is 475 g/mol. The molecule has 1 saturated carbocycles. The summed E-state index contributed by atoms with van der Waals surface area (Å²) in [5, 5.41) is 22.4. The van der Waals surface area contributed by atoms with Gasteiger partial charge in [-0.2, -0.15) is 0 Å². The van der Waals surface area contributed by atoms with Crippen LogP contribution >= 0.6 is 0 Å². The van der Waals surface area contributed by atoms with Gasteiger partial charge in [0.05, 0.1) is 11.7 Å². The first kappa shape index (κ1) is 27.5. The van der Waals surface area contributed by atoms with Crippen LogP contribution in [0.2, 0.25) is 0 Å². The lowest BCUT2D eigenvalue weighted by atomic mass is 9.73. The van der Waals surface area contributed by atoms with Crippen LogP contribution in [0.1, 0.15) is 50.5 Å². The topological polar surface area (TPSA) is 105 Å². The summed E-state index contributed by atoms with van der Waals surface area (Å²) in [6.45, 7) is 1.50. The Labute approximate surface area is 218 Å². The van der Waals surface area contributed by atoms with E-state index in [1.807, 2.05) is 18.2 Å². The maximum atomic E-state index is 15.2. The van der Waals surface area contributed by atoms with Gasteiger partial charge in [-0.15, -0.1) is 0 Å².